The van der Waals surface area contributed by atoms with Gasteiger partial charge in [-0.2, -0.15) is 0 Å². The minimum absolute atomic E-state index is 0.00800. The third-order valence-corrected chi connectivity index (χ3v) is 6.64. The highest BCUT2D eigenvalue weighted by atomic mass is 35.5. The Kier molecular flexibility index (Phi) is 4.88. The maximum atomic E-state index is 13.0. The Hall–Kier alpha value is -1.67. The van der Waals surface area contributed by atoms with E-state index >= 15 is 0 Å². The fraction of sp³-hybridized carbons (Fsp3) is 0.389. The summed E-state index contributed by atoms with van der Waals surface area (Å²) < 4.78 is 0.564. The molecule has 4 rings (SSSR count). The Morgan fingerprint density at radius 2 is 2.07 bits per heavy atom. The van der Waals surface area contributed by atoms with Crippen molar-refractivity contribution in [3.63, 3.8) is 0 Å². The molecular formula is C18H18Cl2N4O2S. The number of likely N-dealkylation sites (tertiary alicyclic amines) is 1. The number of amides is 2. The first-order valence-corrected chi connectivity index (χ1v) is 10.2. The van der Waals surface area contributed by atoms with E-state index in [1.807, 2.05) is 12.1 Å². The largest absolute Gasteiger partial charge is 0.341 e. The second-order valence-electron chi connectivity index (χ2n) is 6.93. The Labute approximate surface area is 170 Å². The van der Waals surface area contributed by atoms with Gasteiger partial charge in [-0.05, 0) is 30.2 Å². The number of aromatic nitrogens is 1. The number of fused-ring (bicyclic) bond motifs is 2. The number of nitrogens with two attached hydrogens (primary N) is 1. The lowest BCUT2D eigenvalue weighted by Crippen LogP contribution is -2.41. The van der Waals surface area contributed by atoms with Gasteiger partial charge in [0, 0.05) is 35.8 Å². The van der Waals surface area contributed by atoms with Gasteiger partial charge in [0.05, 0.1) is 19.2 Å². The molecule has 1 aromatic carbocycles. The number of carbonyl (C=O) groups is 2. The van der Waals surface area contributed by atoms with Gasteiger partial charge >= 0.3 is 0 Å². The van der Waals surface area contributed by atoms with E-state index in [1.165, 1.54) is 11.3 Å². The highest BCUT2D eigenvalue weighted by molar-refractivity contribution is 7.15. The van der Waals surface area contributed by atoms with Crippen LogP contribution in [0, 0.1) is 0 Å². The van der Waals surface area contributed by atoms with E-state index in [0.717, 1.165) is 17.7 Å². The summed E-state index contributed by atoms with van der Waals surface area (Å²) in [6, 6.07) is 5.59. The lowest BCUT2D eigenvalue weighted by molar-refractivity contribution is -0.128. The van der Waals surface area contributed by atoms with Gasteiger partial charge in [0.2, 0.25) is 11.8 Å². The first-order chi connectivity index (χ1) is 12.9. The van der Waals surface area contributed by atoms with Gasteiger partial charge in [0.1, 0.15) is 9.34 Å². The lowest BCUT2D eigenvalue weighted by atomic mass is 9.81. The first-order valence-electron chi connectivity index (χ1n) is 8.60. The molecule has 142 valence electrons. The molecule has 0 radical (unpaired) electrons. The smallest absolute Gasteiger partial charge is 0.236 e. The van der Waals surface area contributed by atoms with Crippen molar-refractivity contribution in [2.75, 3.05) is 31.1 Å². The second-order valence-corrected chi connectivity index (χ2v) is 9.11. The van der Waals surface area contributed by atoms with Crippen LogP contribution in [0.2, 0.25) is 9.36 Å². The van der Waals surface area contributed by atoms with Crippen LogP contribution in [0.25, 0.3) is 0 Å². The third kappa shape index (κ3) is 3.33. The molecule has 1 unspecified atom stereocenters. The average Bonchev–Trinajstić information content (AvgIpc) is 3.34. The molecule has 0 saturated carbocycles. The molecule has 0 bridgehead atoms. The summed E-state index contributed by atoms with van der Waals surface area (Å²) in [5.74, 6) is -0.109. The summed E-state index contributed by atoms with van der Waals surface area (Å²) in [6.07, 6.45) is 2.53. The molecule has 1 aromatic heterocycles. The van der Waals surface area contributed by atoms with E-state index in [4.69, 9.17) is 28.9 Å². The molecule has 2 N–H and O–H groups in total. The van der Waals surface area contributed by atoms with E-state index < -0.39 is 0 Å². The standard InChI is InChI=1S/C18H18Cl2N4O2S/c19-11-1-2-13-12(5-11)18(3-4-23(9-18)17(26)7-21)10-24(13)16(25)6-15-22-8-14(20)27-15/h1-2,5,8H,3-4,6-7,9-10,21H2. The van der Waals surface area contributed by atoms with Crippen molar-refractivity contribution in [3.05, 3.63) is 44.3 Å². The van der Waals surface area contributed by atoms with Crippen LogP contribution >= 0.6 is 34.5 Å². The van der Waals surface area contributed by atoms with Crippen molar-refractivity contribution in [1.82, 2.24) is 9.88 Å². The quantitative estimate of drug-likeness (QED) is 0.820. The van der Waals surface area contributed by atoms with Crippen LogP contribution < -0.4 is 10.6 Å². The maximum Gasteiger partial charge on any atom is 0.236 e. The molecule has 2 aromatic rings. The molecule has 3 heterocycles. The van der Waals surface area contributed by atoms with Gasteiger partial charge in [0.15, 0.2) is 0 Å². The summed E-state index contributed by atoms with van der Waals surface area (Å²) in [4.78, 5) is 32.8. The first kappa shape index (κ1) is 18.7. The fourth-order valence-electron chi connectivity index (χ4n) is 4.02. The lowest BCUT2D eigenvalue weighted by Gasteiger charge is -2.25. The van der Waals surface area contributed by atoms with Gasteiger partial charge in [-0.25, -0.2) is 4.98 Å². The molecule has 2 aliphatic heterocycles. The van der Waals surface area contributed by atoms with Crippen molar-refractivity contribution >= 4 is 52.0 Å². The number of anilines is 1. The maximum absolute atomic E-state index is 13.0. The van der Waals surface area contributed by atoms with Crippen LogP contribution in [0.5, 0.6) is 0 Å². The van der Waals surface area contributed by atoms with Crippen molar-refractivity contribution in [1.29, 1.82) is 0 Å². The zero-order chi connectivity index (χ0) is 19.2. The normalized spacial score (nSPS) is 21.1. The number of benzene rings is 1. The molecule has 1 spiro atoms. The van der Waals surface area contributed by atoms with Crippen molar-refractivity contribution in [2.45, 2.75) is 18.3 Å². The minimum atomic E-state index is -0.304. The molecule has 2 amide bonds. The van der Waals surface area contributed by atoms with Gasteiger partial charge < -0.3 is 15.5 Å². The molecule has 27 heavy (non-hydrogen) atoms. The molecular weight excluding hydrogens is 407 g/mol. The summed E-state index contributed by atoms with van der Waals surface area (Å²) in [7, 11) is 0. The monoisotopic (exact) mass is 424 g/mol. The van der Waals surface area contributed by atoms with Crippen LogP contribution in [-0.4, -0.2) is 47.9 Å². The summed E-state index contributed by atoms with van der Waals surface area (Å²) >= 11 is 13.5. The van der Waals surface area contributed by atoms with Crippen molar-refractivity contribution < 1.29 is 9.59 Å². The Bertz CT molecular complexity index is 919. The molecule has 1 saturated heterocycles. The van der Waals surface area contributed by atoms with Crippen LogP contribution in [0.1, 0.15) is 17.0 Å². The Morgan fingerprint density at radius 3 is 2.78 bits per heavy atom. The van der Waals surface area contributed by atoms with Gasteiger partial charge in [-0.1, -0.05) is 23.2 Å². The molecule has 2 aliphatic rings. The second kappa shape index (κ2) is 7.05. The number of thiazole rings is 1. The van der Waals surface area contributed by atoms with Crippen molar-refractivity contribution in [2.24, 2.45) is 5.73 Å². The van der Waals surface area contributed by atoms with Gasteiger partial charge in [-0.15, -0.1) is 11.3 Å². The number of hydrogen-bond acceptors (Lipinski definition) is 5. The SMILES string of the molecule is NCC(=O)N1CCC2(C1)CN(C(=O)Cc1ncc(Cl)s1)c1ccc(Cl)cc12. The van der Waals surface area contributed by atoms with Crippen LogP contribution in [0.4, 0.5) is 5.69 Å². The number of hydrogen-bond donors (Lipinski definition) is 1. The van der Waals surface area contributed by atoms with Crippen LogP contribution in [0.15, 0.2) is 24.4 Å². The van der Waals surface area contributed by atoms with E-state index in [1.54, 1.807) is 22.1 Å². The predicted molar refractivity (Wildman–Crippen MR) is 107 cm³/mol. The highest BCUT2D eigenvalue weighted by Crippen LogP contribution is 2.47. The zero-order valence-corrected chi connectivity index (χ0v) is 16.8. The Morgan fingerprint density at radius 1 is 1.26 bits per heavy atom. The van der Waals surface area contributed by atoms with Crippen LogP contribution in [0.3, 0.4) is 0 Å². The van der Waals surface area contributed by atoms with Crippen LogP contribution in [-0.2, 0) is 21.4 Å². The zero-order valence-electron chi connectivity index (χ0n) is 14.5. The van der Waals surface area contributed by atoms with Crippen molar-refractivity contribution in [3.8, 4) is 0 Å². The minimum Gasteiger partial charge on any atom is -0.341 e. The third-order valence-electron chi connectivity index (χ3n) is 5.29. The molecule has 6 nitrogen and oxygen atoms in total. The topological polar surface area (TPSA) is 79.5 Å². The molecule has 1 fully saturated rings. The highest BCUT2D eigenvalue weighted by Gasteiger charge is 2.49. The van der Waals surface area contributed by atoms with Gasteiger partial charge in [0.25, 0.3) is 0 Å². The molecule has 0 aliphatic carbocycles. The fourth-order valence-corrected chi connectivity index (χ4v) is 5.14. The van der Waals surface area contributed by atoms with E-state index in [0.29, 0.717) is 34.0 Å². The van der Waals surface area contributed by atoms with E-state index in [-0.39, 0.29) is 30.2 Å². The summed E-state index contributed by atoms with van der Waals surface area (Å²) in [6.45, 7) is 1.69. The number of nitrogens with zero attached hydrogens (tertiary/aromatic N) is 3. The predicted octanol–water partition coefficient (Wildman–Crippen LogP) is 2.47. The number of halogens is 2. The van der Waals surface area contributed by atoms with E-state index in [2.05, 4.69) is 4.98 Å². The van der Waals surface area contributed by atoms with E-state index in [9.17, 15) is 9.59 Å². The number of carbonyl (C=O) groups excluding carboxylic acids is 2. The molecule has 1 atom stereocenters. The Balaban J connectivity index is 1.64. The summed E-state index contributed by atoms with van der Waals surface area (Å²) in [5.41, 5.74) is 7.10. The molecule has 9 heteroatoms. The van der Waals surface area contributed by atoms with Gasteiger partial charge in [-0.3, -0.25) is 9.59 Å². The summed E-state index contributed by atoms with van der Waals surface area (Å²) in [5, 5.41) is 1.31. The average molecular weight is 425 g/mol. The number of rotatable bonds is 3.